The van der Waals surface area contributed by atoms with Crippen LogP contribution in [0.15, 0.2) is 48.5 Å². The van der Waals surface area contributed by atoms with Crippen molar-refractivity contribution in [1.29, 1.82) is 0 Å². The smallest absolute Gasteiger partial charge is 0.167 e. The Morgan fingerprint density at radius 3 is 1.50 bits per heavy atom. The first-order valence-corrected chi connectivity index (χ1v) is 11.0. The van der Waals surface area contributed by atoms with Crippen molar-refractivity contribution in [2.75, 3.05) is 14.2 Å². The Balaban J connectivity index is 1.90. The zero-order valence-corrected chi connectivity index (χ0v) is 19.5. The maximum absolute atomic E-state index is 13.9. The lowest BCUT2D eigenvalue weighted by atomic mass is 9.55. The Hall–Kier alpha value is -2.93. The van der Waals surface area contributed by atoms with Gasteiger partial charge in [0.2, 0.25) is 0 Å². The lowest BCUT2D eigenvalue weighted by Crippen LogP contribution is -2.66. The average Bonchev–Trinajstić information content (AvgIpc) is 2.77. The average molecular weight is 453 g/mol. The Morgan fingerprint density at radius 2 is 1.16 bits per heavy atom. The van der Waals surface area contributed by atoms with E-state index in [1.165, 1.54) is 0 Å². The molecule has 2 unspecified atom stereocenters. The highest BCUT2D eigenvalue weighted by molar-refractivity contribution is 7.80. The van der Waals surface area contributed by atoms with E-state index in [1.54, 1.807) is 14.2 Å². The van der Waals surface area contributed by atoms with Crippen LogP contribution in [0.2, 0.25) is 0 Å². The van der Waals surface area contributed by atoms with Gasteiger partial charge in [0.05, 0.1) is 26.3 Å². The van der Waals surface area contributed by atoms with Crippen molar-refractivity contribution in [3.8, 4) is 11.5 Å². The normalized spacial score (nSPS) is 23.9. The van der Waals surface area contributed by atoms with E-state index >= 15 is 0 Å². The van der Waals surface area contributed by atoms with Gasteiger partial charge in [0.25, 0.3) is 0 Å². The number of nitrogens with one attached hydrogen (secondary N) is 2. The van der Waals surface area contributed by atoms with Crippen molar-refractivity contribution in [3.05, 3.63) is 59.7 Å². The Bertz CT molecular complexity index is 965. The van der Waals surface area contributed by atoms with E-state index < -0.39 is 17.5 Å². The molecule has 1 heterocycles. The number of ether oxygens (including phenoxy) is 2. The van der Waals surface area contributed by atoms with E-state index in [9.17, 15) is 9.59 Å². The fourth-order valence-corrected chi connectivity index (χ4v) is 5.24. The molecule has 1 aliphatic heterocycles. The predicted molar refractivity (Wildman–Crippen MR) is 126 cm³/mol. The van der Waals surface area contributed by atoms with E-state index in [1.807, 2.05) is 62.4 Å². The highest BCUT2D eigenvalue weighted by Gasteiger charge is 2.63. The van der Waals surface area contributed by atoms with E-state index in [-0.39, 0.29) is 17.0 Å². The first-order valence-electron chi connectivity index (χ1n) is 10.6. The van der Waals surface area contributed by atoms with E-state index in [2.05, 4.69) is 10.6 Å². The second-order valence-corrected chi connectivity index (χ2v) is 9.67. The molecule has 2 aromatic rings. The minimum absolute atomic E-state index is 0.0807. The zero-order valence-electron chi connectivity index (χ0n) is 18.7. The van der Waals surface area contributed by atoms with Crippen LogP contribution in [0, 0.1) is 10.8 Å². The van der Waals surface area contributed by atoms with Gasteiger partial charge in [-0.2, -0.15) is 0 Å². The summed E-state index contributed by atoms with van der Waals surface area (Å²) in [6.07, 6.45) is 0.627. The molecule has 4 rings (SSSR count). The van der Waals surface area contributed by atoms with E-state index in [0.717, 1.165) is 11.1 Å². The maximum Gasteiger partial charge on any atom is 0.167 e. The number of thiocarbonyl (C=S) groups is 1. The number of benzene rings is 2. The van der Waals surface area contributed by atoms with Crippen LogP contribution in [0.3, 0.4) is 0 Å². The van der Waals surface area contributed by atoms with Crippen LogP contribution in [0.5, 0.6) is 11.5 Å². The van der Waals surface area contributed by atoms with Crippen LogP contribution in [-0.4, -0.2) is 30.9 Å². The fourth-order valence-electron chi connectivity index (χ4n) is 5.01. The van der Waals surface area contributed by atoms with Crippen LogP contribution in [0.1, 0.15) is 49.9 Å². The third-order valence-electron chi connectivity index (χ3n) is 6.56. The Morgan fingerprint density at radius 1 is 0.781 bits per heavy atom. The number of rotatable bonds is 4. The summed E-state index contributed by atoms with van der Waals surface area (Å²) in [7, 11) is 3.20. The van der Waals surface area contributed by atoms with Crippen molar-refractivity contribution in [1.82, 2.24) is 10.6 Å². The standard InChI is InChI=1S/C25H28N2O4S/c1-24(2)13-19(28)25(20(29)14-24)21(15-5-9-17(30-3)10-6-15)26-23(32)27-22(25)16-7-11-18(31-4)12-8-16/h5-12,21-22H,13-14H2,1-4H3,(H2,26,27,32). The molecule has 0 bridgehead atoms. The molecule has 0 aromatic heterocycles. The van der Waals surface area contributed by atoms with Crippen LogP contribution in [0.4, 0.5) is 0 Å². The predicted octanol–water partition coefficient (Wildman–Crippen LogP) is 3.91. The van der Waals surface area contributed by atoms with Gasteiger partial charge in [0.15, 0.2) is 16.7 Å². The minimum atomic E-state index is -1.33. The number of ketones is 2. The number of methoxy groups -OCH3 is 2. The molecule has 1 saturated carbocycles. The van der Waals surface area contributed by atoms with Crippen molar-refractivity contribution in [2.24, 2.45) is 10.8 Å². The molecule has 2 N–H and O–H groups in total. The first kappa shape index (κ1) is 22.3. The van der Waals surface area contributed by atoms with Gasteiger partial charge >= 0.3 is 0 Å². The lowest BCUT2D eigenvalue weighted by Gasteiger charge is -2.52. The third kappa shape index (κ3) is 3.64. The quantitative estimate of drug-likeness (QED) is 0.538. The SMILES string of the molecule is COc1ccc(C2NC(=S)NC(c3ccc(OC)cc3)C23C(=O)CC(C)(C)CC3=O)cc1. The molecule has 1 saturated heterocycles. The molecule has 1 spiro atoms. The van der Waals surface area contributed by atoms with Gasteiger partial charge in [-0.3, -0.25) is 9.59 Å². The highest BCUT2D eigenvalue weighted by Crippen LogP contribution is 2.54. The van der Waals surface area contributed by atoms with Crippen molar-refractivity contribution >= 4 is 28.9 Å². The van der Waals surface area contributed by atoms with Crippen LogP contribution >= 0.6 is 12.2 Å². The van der Waals surface area contributed by atoms with Gasteiger partial charge < -0.3 is 20.1 Å². The van der Waals surface area contributed by atoms with Crippen molar-refractivity contribution in [2.45, 2.75) is 38.8 Å². The topological polar surface area (TPSA) is 76.7 Å². The molecule has 2 atom stereocenters. The first-order chi connectivity index (χ1) is 15.2. The van der Waals surface area contributed by atoms with Crippen molar-refractivity contribution < 1.29 is 19.1 Å². The molecular weight excluding hydrogens is 424 g/mol. The van der Waals surface area contributed by atoms with Gasteiger partial charge in [-0.1, -0.05) is 38.1 Å². The number of hydrogen-bond acceptors (Lipinski definition) is 5. The summed E-state index contributed by atoms with van der Waals surface area (Å²) in [5, 5.41) is 6.91. The largest absolute Gasteiger partial charge is 0.497 e. The van der Waals surface area contributed by atoms with Gasteiger partial charge in [-0.15, -0.1) is 0 Å². The van der Waals surface area contributed by atoms with Crippen LogP contribution in [0.25, 0.3) is 0 Å². The third-order valence-corrected chi connectivity index (χ3v) is 6.80. The van der Waals surface area contributed by atoms with Gasteiger partial charge in [-0.05, 0) is 53.0 Å². The zero-order chi connectivity index (χ0) is 23.1. The van der Waals surface area contributed by atoms with Crippen molar-refractivity contribution in [3.63, 3.8) is 0 Å². The molecule has 32 heavy (non-hydrogen) atoms. The highest BCUT2D eigenvalue weighted by atomic mass is 32.1. The Kier molecular flexibility index (Phi) is 5.71. The molecule has 168 valence electrons. The molecule has 0 amide bonds. The summed E-state index contributed by atoms with van der Waals surface area (Å²) in [6, 6.07) is 13.7. The fraction of sp³-hybridized carbons (Fsp3) is 0.400. The summed E-state index contributed by atoms with van der Waals surface area (Å²) >= 11 is 5.54. The number of Topliss-reactive ketones (excluding diaryl/α,β-unsaturated/α-hetero) is 2. The number of carbonyl (C=O) groups is 2. The van der Waals surface area contributed by atoms with E-state index in [0.29, 0.717) is 29.5 Å². The molecule has 0 radical (unpaired) electrons. The Labute approximate surface area is 193 Å². The molecule has 7 heteroatoms. The van der Waals surface area contributed by atoms with E-state index in [4.69, 9.17) is 21.7 Å². The molecule has 2 aromatic carbocycles. The molecular formula is C25H28N2O4S. The lowest BCUT2D eigenvalue weighted by molar-refractivity contribution is -0.154. The minimum Gasteiger partial charge on any atom is -0.497 e. The molecule has 2 fully saturated rings. The number of carbonyl (C=O) groups excluding carboxylic acids is 2. The molecule has 6 nitrogen and oxygen atoms in total. The second kappa shape index (κ2) is 8.20. The second-order valence-electron chi connectivity index (χ2n) is 9.26. The summed E-state index contributed by atoms with van der Waals surface area (Å²) < 4.78 is 10.6. The van der Waals surface area contributed by atoms with Crippen LogP contribution < -0.4 is 20.1 Å². The summed E-state index contributed by atoms with van der Waals surface area (Å²) in [6.45, 7) is 3.93. The monoisotopic (exact) mass is 452 g/mol. The number of hydrogen-bond donors (Lipinski definition) is 2. The van der Waals surface area contributed by atoms with Gasteiger partial charge in [-0.25, -0.2) is 0 Å². The van der Waals surface area contributed by atoms with Gasteiger partial charge in [0.1, 0.15) is 16.9 Å². The summed E-state index contributed by atoms with van der Waals surface area (Å²) in [5.41, 5.74) is -0.0862. The summed E-state index contributed by atoms with van der Waals surface area (Å²) in [5.74, 6) is 1.24. The molecule has 1 aliphatic carbocycles. The maximum atomic E-state index is 13.9. The van der Waals surface area contributed by atoms with Gasteiger partial charge in [0, 0.05) is 12.8 Å². The van der Waals surface area contributed by atoms with Crippen LogP contribution in [-0.2, 0) is 9.59 Å². The molecule has 2 aliphatic rings. The summed E-state index contributed by atoms with van der Waals surface area (Å²) in [4.78, 5) is 27.8.